The van der Waals surface area contributed by atoms with Crippen LogP contribution in [0.25, 0.3) is 0 Å². The fraction of sp³-hybridized carbons (Fsp3) is 0.412. The van der Waals surface area contributed by atoms with E-state index in [4.69, 9.17) is 4.74 Å². The number of rotatable bonds is 6. The van der Waals surface area contributed by atoms with E-state index < -0.39 is 0 Å². The predicted molar refractivity (Wildman–Crippen MR) is 88.2 cm³/mol. The first kappa shape index (κ1) is 14.6. The summed E-state index contributed by atoms with van der Waals surface area (Å²) in [5.41, 5.74) is 1.18. The van der Waals surface area contributed by atoms with Crippen LogP contribution in [-0.4, -0.2) is 23.1 Å². The number of hydrogen-bond acceptors (Lipinski definition) is 5. The van der Waals surface area contributed by atoms with E-state index >= 15 is 0 Å². The molecule has 22 heavy (non-hydrogen) atoms. The second kappa shape index (κ2) is 7.11. The summed E-state index contributed by atoms with van der Waals surface area (Å²) < 4.78 is 5.16. The van der Waals surface area contributed by atoms with Gasteiger partial charge in [0.2, 0.25) is 0 Å². The molecule has 1 saturated carbocycles. The summed E-state index contributed by atoms with van der Waals surface area (Å²) in [6.07, 6.45) is 6.70. The molecular formula is C17H22N4O. The Morgan fingerprint density at radius 3 is 2.55 bits per heavy atom. The standard InChI is InChI=1S/C17H22N4O/c1-22-15-8-6-13(7-9-15)11-18-16-10-17(20-12-19-16)21-14-4-2-3-5-14/h6-10,12,14H,2-5,11H2,1H3,(H2,18,19,20,21). The van der Waals surface area contributed by atoms with Crippen LogP contribution in [0.3, 0.4) is 0 Å². The van der Waals surface area contributed by atoms with Crippen LogP contribution in [0.4, 0.5) is 11.6 Å². The van der Waals surface area contributed by atoms with Gasteiger partial charge in [0.25, 0.3) is 0 Å². The summed E-state index contributed by atoms with van der Waals surface area (Å²) in [7, 11) is 1.67. The largest absolute Gasteiger partial charge is 0.497 e. The van der Waals surface area contributed by atoms with Gasteiger partial charge in [-0.15, -0.1) is 0 Å². The van der Waals surface area contributed by atoms with Crippen molar-refractivity contribution in [2.24, 2.45) is 0 Å². The van der Waals surface area contributed by atoms with E-state index in [1.807, 2.05) is 30.3 Å². The number of anilines is 2. The monoisotopic (exact) mass is 298 g/mol. The highest BCUT2D eigenvalue weighted by Gasteiger charge is 2.15. The van der Waals surface area contributed by atoms with Crippen molar-refractivity contribution in [3.05, 3.63) is 42.2 Å². The summed E-state index contributed by atoms with van der Waals surface area (Å²) in [6, 6.07) is 10.6. The Morgan fingerprint density at radius 2 is 1.82 bits per heavy atom. The number of methoxy groups -OCH3 is 1. The number of ether oxygens (including phenoxy) is 1. The SMILES string of the molecule is COc1ccc(CNc2cc(NC3CCCC3)ncn2)cc1. The molecule has 1 heterocycles. The van der Waals surface area contributed by atoms with E-state index in [9.17, 15) is 0 Å². The molecule has 5 nitrogen and oxygen atoms in total. The third-order valence-electron chi connectivity index (χ3n) is 4.01. The van der Waals surface area contributed by atoms with Crippen LogP contribution >= 0.6 is 0 Å². The normalized spacial score (nSPS) is 14.8. The third kappa shape index (κ3) is 3.87. The maximum atomic E-state index is 5.16. The first-order chi connectivity index (χ1) is 10.8. The van der Waals surface area contributed by atoms with Crippen molar-refractivity contribution >= 4 is 11.6 Å². The molecule has 0 unspecified atom stereocenters. The van der Waals surface area contributed by atoms with Gasteiger partial charge >= 0.3 is 0 Å². The molecule has 2 aromatic rings. The zero-order valence-corrected chi connectivity index (χ0v) is 12.9. The lowest BCUT2D eigenvalue weighted by Gasteiger charge is -2.13. The molecule has 0 aliphatic heterocycles. The van der Waals surface area contributed by atoms with Gasteiger partial charge < -0.3 is 15.4 Å². The molecule has 1 fully saturated rings. The average molecular weight is 298 g/mol. The Bertz CT molecular complexity index is 594. The molecular weight excluding hydrogens is 276 g/mol. The van der Waals surface area contributed by atoms with Gasteiger partial charge in [0.15, 0.2) is 0 Å². The molecule has 0 saturated heterocycles. The van der Waals surface area contributed by atoms with Gasteiger partial charge in [0.05, 0.1) is 7.11 Å². The first-order valence-electron chi connectivity index (χ1n) is 7.79. The van der Waals surface area contributed by atoms with Crippen LogP contribution in [0.15, 0.2) is 36.7 Å². The van der Waals surface area contributed by atoms with E-state index in [1.54, 1.807) is 13.4 Å². The van der Waals surface area contributed by atoms with E-state index in [2.05, 4.69) is 20.6 Å². The Balaban J connectivity index is 1.57. The van der Waals surface area contributed by atoms with E-state index in [0.717, 1.165) is 23.9 Å². The van der Waals surface area contributed by atoms with Crippen LogP contribution < -0.4 is 15.4 Å². The molecule has 0 radical (unpaired) electrons. The Morgan fingerprint density at radius 1 is 1.09 bits per heavy atom. The van der Waals surface area contributed by atoms with Gasteiger partial charge in [0.1, 0.15) is 23.7 Å². The highest BCUT2D eigenvalue weighted by molar-refractivity contribution is 5.47. The summed E-state index contributed by atoms with van der Waals surface area (Å²) in [4.78, 5) is 8.58. The van der Waals surface area contributed by atoms with Crippen molar-refractivity contribution in [1.29, 1.82) is 0 Å². The maximum absolute atomic E-state index is 5.16. The van der Waals surface area contributed by atoms with E-state index in [-0.39, 0.29) is 0 Å². The lowest BCUT2D eigenvalue weighted by Crippen LogP contribution is -2.15. The van der Waals surface area contributed by atoms with Crippen LogP contribution in [0.1, 0.15) is 31.2 Å². The van der Waals surface area contributed by atoms with E-state index in [1.165, 1.54) is 31.2 Å². The summed E-state index contributed by atoms with van der Waals surface area (Å²) in [5.74, 6) is 2.61. The molecule has 2 N–H and O–H groups in total. The molecule has 5 heteroatoms. The summed E-state index contributed by atoms with van der Waals surface area (Å²) in [6.45, 7) is 0.726. The molecule has 0 bridgehead atoms. The quantitative estimate of drug-likeness (QED) is 0.855. The maximum Gasteiger partial charge on any atom is 0.131 e. The summed E-state index contributed by atoms with van der Waals surface area (Å²) in [5, 5.41) is 6.82. The van der Waals surface area contributed by atoms with Crippen LogP contribution in [0.2, 0.25) is 0 Å². The Labute approximate surface area is 131 Å². The molecule has 1 aliphatic carbocycles. The van der Waals surface area contributed by atoms with Gasteiger partial charge in [0, 0.05) is 18.7 Å². The lowest BCUT2D eigenvalue weighted by atomic mass is 10.2. The second-order valence-electron chi connectivity index (χ2n) is 5.62. The Hall–Kier alpha value is -2.30. The minimum absolute atomic E-state index is 0.560. The smallest absolute Gasteiger partial charge is 0.131 e. The van der Waals surface area contributed by atoms with Crippen LogP contribution in [0.5, 0.6) is 5.75 Å². The van der Waals surface area contributed by atoms with Gasteiger partial charge in [-0.2, -0.15) is 0 Å². The number of nitrogens with zero attached hydrogens (tertiary/aromatic N) is 2. The van der Waals surface area contributed by atoms with Crippen LogP contribution in [0, 0.1) is 0 Å². The molecule has 1 aromatic heterocycles. The average Bonchev–Trinajstić information content (AvgIpc) is 3.07. The van der Waals surface area contributed by atoms with Crippen molar-refractivity contribution in [1.82, 2.24) is 9.97 Å². The van der Waals surface area contributed by atoms with Crippen molar-refractivity contribution in [2.75, 3.05) is 17.7 Å². The lowest BCUT2D eigenvalue weighted by molar-refractivity contribution is 0.414. The van der Waals surface area contributed by atoms with Crippen molar-refractivity contribution < 1.29 is 4.74 Å². The number of benzene rings is 1. The number of nitrogens with one attached hydrogen (secondary N) is 2. The minimum Gasteiger partial charge on any atom is -0.497 e. The summed E-state index contributed by atoms with van der Waals surface area (Å²) >= 11 is 0. The van der Waals surface area contributed by atoms with Gasteiger partial charge in [-0.25, -0.2) is 9.97 Å². The van der Waals surface area contributed by atoms with Gasteiger partial charge in [-0.1, -0.05) is 25.0 Å². The van der Waals surface area contributed by atoms with Crippen molar-refractivity contribution in [2.45, 2.75) is 38.3 Å². The Kier molecular flexibility index (Phi) is 4.73. The highest BCUT2D eigenvalue weighted by Crippen LogP contribution is 2.22. The fourth-order valence-corrected chi connectivity index (χ4v) is 2.75. The molecule has 0 atom stereocenters. The topological polar surface area (TPSA) is 59.1 Å². The molecule has 0 amide bonds. The third-order valence-corrected chi connectivity index (χ3v) is 4.01. The zero-order chi connectivity index (χ0) is 15.2. The van der Waals surface area contributed by atoms with Crippen molar-refractivity contribution in [3.63, 3.8) is 0 Å². The molecule has 116 valence electrons. The fourth-order valence-electron chi connectivity index (χ4n) is 2.75. The molecule has 3 rings (SSSR count). The second-order valence-corrected chi connectivity index (χ2v) is 5.62. The zero-order valence-electron chi connectivity index (χ0n) is 12.9. The van der Waals surface area contributed by atoms with Gasteiger partial charge in [-0.05, 0) is 30.5 Å². The van der Waals surface area contributed by atoms with E-state index in [0.29, 0.717) is 6.04 Å². The van der Waals surface area contributed by atoms with Gasteiger partial charge in [-0.3, -0.25) is 0 Å². The molecule has 1 aromatic carbocycles. The van der Waals surface area contributed by atoms with Crippen LogP contribution in [-0.2, 0) is 6.54 Å². The molecule has 0 spiro atoms. The molecule has 1 aliphatic rings. The highest BCUT2D eigenvalue weighted by atomic mass is 16.5. The number of aromatic nitrogens is 2. The predicted octanol–water partition coefficient (Wildman–Crippen LogP) is 3.45. The number of hydrogen-bond donors (Lipinski definition) is 2. The first-order valence-corrected chi connectivity index (χ1v) is 7.79. The minimum atomic E-state index is 0.560. The van der Waals surface area contributed by atoms with Crippen molar-refractivity contribution in [3.8, 4) is 5.75 Å².